The first-order valence-electron chi connectivity index (χ1n) is 9.87. The van der Waals surface area contributed by atoms with Gasteiger partial charge in [0, 0.05) is 5.71 Å². The Bertz CT molecular complexity index is 210. The normalized spacial score (nSPS) is 11.0. The Labute approximate surface area is 134 Å². The van der Waals surface area contributed by atoms with Crippen LogP contribution in [0.1, 0.15) is 123 Å². The van der Waals surface area contributed by atoms with Gasteiger partial charge in [-0.05, 0) is 19.3 Å². The molecule has 0 rings (SSSR count). The van der Waals surface area contributed by atoms with Gasteiger partial charge in [-0.1, -0.05) is 104 Å². The molecule has 1 heteroatoms. The van der Waals surface area contributed by atoms with Gasteiger partial charge in [-0.25, -0.2) is 0 Å². The fraction of sp³-hybridized carbons (Fsp3) is 0.950. The van der Waals surface area contributed by atoms with E-state index in [1.165, 1.54) is 89.9 Å². The highest BCUT2D eigenvalue weighted by Gasteiger charge is 1.97. The largest absolute Gasteiger partial charge is 0.310 e. The van der Waals surface area contributed by atoms with Crippen LogP contribution in [0.5, 0.6) is 0 Å². The van der Waals surface area contributed by atoms with Gasteiger partial charge in [-0.2, -0.15) is 0 Å². The molecule has 126 valence electrons. The van der Waals surface area contributed by atoms with Gasteiger partial charge in [-0.15, -0.1) is 0 Å². The van der Waals surface area contributed by atoms with Gasteiger partial charge in [0.2, 0.25) is 0 Å². The molecule has 0 radical (unpaired) electrons. The monoisotopic (exact) mass is 295 g/mol. The molecule has 0 unspecified atom stereocenters. The zero-order valence-corrected chi connectivity index (χ0v) is 15.0. The Morgan fingerprint density at radius 2 is 0.857 bits per heavy atom. The highest BCUT2D eigenvalue weighted by atomic mass is 14.4. The quantitative estimate of drug-likeness (QED) is 0.210. The van der Waals surface area contributed by atoms with Crippen LogP contribution in [0.2, 0.25) is 0 Å². The minimum Gasteiger partial charge on any atom is -0.310 e. The molecular formula is C20H41N. The van der Waals surface area contributed by atoms with Crippen LogP contribution in [-0.2, 0) is 0 Å². The maximum Gasteiger partial charge on any atom is 0.00890 e. The Morgan fingerprint density at radius 3 is 1.24 bits per heavy atom. The first kappa shape index (κ1) is 20.7. The molecule has 0 atom stereocenters. The number of rotatable bonds is 17. The van der Waals surface area contributed by atoms with Gasteiger partial charge in [0.25, 0.3) is 0 Å². The SMILES string of the molecule is CCCCCCCCCCCCCCCCC(=N)CCC. The van der Waals surface area contributed by atoms with Crippen LogP contribution >= 0.6 is 0 Å². The second-order valence-corrected chi connectivity index (χ2v) is 6.70. The van der Waals surface area contributed by atoms with Gasteiger partial charge in [0.15, 0.2) is 0 Å². The Kier molecular flexibility index (Phi) is 17.4. The summed E-state index contributed by atoms with van der Waals surface area (Å²) in [5.41, 5.74) is 0.969. The molecule has 0 saturated heterocycles. The van der Waals surface area contributed by atoms with E-state index < -0.39 is 0 Å². The highest BCUT2D eigenvalue weighted by molar-refractivity contribution is 5.81. The van der Waals surface area contributed by atoms with E-state index in [1.807, 2.05) is 0 Å². The minimum absolute atomic E-state index is 0.969. The van der Waals surface area contributed by atoms with E-state index in [2.05, 4.69) is 13.8 Å². The molecule has 0 aromatic rings. The van der Waals surface area contributed by atoms with Crippen molar-refractivity contribution in [3.05, 3.63) is 0 Å². The third-order valence-electron chi connectivity index (χ3n) is 4.38. The van der Waals surface area contributed by atoms with Crippen molar-refractivity contribution in [2.45, 2.75) is 123 Å². The second kappa shape index (κ2) is 17.7. The third kappa shape index (κ3) is 17.6. The van der Waals surface area contributed by atoms with E-state index >= 15 is 0 Å². The van der Waals surface area contributed by atoms with E-state index in [4.69, 9.17) is 5.41 Å². The molecule has 1 N–H and O–H groups in total. The minimum atomic E-state index is 0.969. The summed E-state index contributed by atoms with van der Waals surface area (Å²) in [6.45, 7) is 4.45. The lowest BCUT2D eigenvalue weighted by atomic mass is 10.0. The molecule has 0 bridgehead atoms. The summed E-state index contributed by atoms with van der Waals surface area (Å²) in [6.07, 6.45) is 23.0. The molecule has 0 saturated carbocycles. The van der Waals surface area contributed by atoms with Crippen molar-refractivity contribution in [3.63, 3.8) is 0 Å². The summed E-state index contributed by atoms with van der Waals surface area (Å²) in [4.78, 5) is 0. The van der Waals surface area contributed by atoms with Crippen LogP contribution in [-0.4, -0.2) is 5.71 Å². The van der Waals surface area contributed by atoms with Crippen molar-refractivity contribution in [2.24, 2.45) is 0 Å². The van der Waals surface area contributed by atoms with Gasteiger partial charge >= 0.3 is 0 Å². The van der Waals surface area contributed by atoms with Gasteiger partial charge in [-0.3, -0.25) is 0 Å². The van der Waals surface area contributed by atoms with Gasteiger partial charge < -0.3 is 5.41 Å². The molecule has 0 spiro atoms. The van der Waals surface area contributed by atoms with Gasteiger partial charge in [0.05, 0.1) is 0 Å². The summed E-state index contributed by atoms with van der Waals surface area (Å²) < 4.78 is 0. The second-order valence-electron chi connectivity index (χ2n) is 6.70. The zero-order chi connectivity index (χ0) is 15.6. The Balaban J connectivity index is 3.01. The maximum absolute atomic E-state index is 7.75. The highest BCUT2D eigenvalue weighted by Crippen LogP contribution is 2.13. The standard InChI is InChI=1S/C20H41N/c1-3-5-6-7-8-9-10-11-12-13-14-15-16-17-19-20(21)18-4-2/h21H,3-19H2,1-2H3. The predicted molar refractivity (Wildman–Crippen MR) is 97.6 cm³/mol. The number of unbranched alkanes of at least 4 members (excludes halogenated alkanes) is 13. The summed E-state index contributed by atoms with van der Waals surface area (Å²) in [6, 6.07) is 0. The first-order valence-corrected chi connectivity index (χ1v) is 9.87. The summed E-state index contributed by atoms with van der Waals surface area (Å²) in [5, 5.41) is 7.75. The van der Waals surface area contributed by atoms with E-state index in [-0.39, 0.29) is 0 Å². The van der Waals surface area contributed by atoms with Crippen molar-refractivity contribution >= 4 is 5.71 Å². The molecule has 0 aliphatic carbocycles. The summed E-state index contributed by atoms with van der Waals surface area (Å²) >= 11 is 0. The van der Waals surface area contributed by atoms with Crippen molar-refractivity contribution in [1.82, 2.24) is 0 Å². The van der Waals surface area contributed by atoms with Crippen LogP contribution in [0.3, 0.4) is 0 Å². The van der Waals surface area contributed by atoms with Gasteiger partial charge in [0.1, 0.15) is 0 Å². The molecule has 0 aromatic heterocycles. The van der Waals surface area contributed by atoms with Crippen molar-refractivity contribution in [2.75, 3.05) is 0 Å². The Morgan fingerprint density at radius 1 is 0.476 bits per heavy atom. The lowest BCUT2D eigenvalue weighted by Crippen LogP contribution is -1.95. The molecule has 0 aliphatic rings. The number of hydrogen-bond donors (Lipinski definition) is 1. The average Bonchev–Trinajstić information content (AvgIpc) is 2.48. The number of hydrogen-bond acceptors (Lipinski definition) is 1. The number of nitrogens with one attached hydrogen (secondary N) is 1. The van der Waals surface area contributed by atoms with E-state index in [0.717, 1.165) is 25.0 Å². The molecule has 0 aromatic carbocycles. The molecular weight excluding hydrogens is 254 g/mol. The fourth-order valence-corrected chi connectivity index (χ4v) is 2.96. The van der Waals surface area contributed by atoms with Crippen LogP contribution in [0.15, 0.2) is 0 Å². The Hall–Kier alpha value is -0.330. The summed E-state index contributed by atoms with van der Waals surface area (Å²) in [7, 11) is 0. The van der Waals surface area contributed by atoms with Crippen molar-refractivity contribution in [1.29, 1.82) is 5.41 Å². The smallest absolute Gasteiger partial charge is 0.00890 e. The maximum atomic E-state index is 7.75. The fourth-order valence-electron chi connectivity index (χ4n) is 2.96. The third-order valence-corrected chi connectivity index (χ3v) is 4.38. The average molecular weight is 296 g/mol. The van der Waals surface area contributed by atoms with Crippen LogP contribution in [0, 0.1) is 5.41 Å². The molecule has 0 aliphatic heterocycles. The van der Waals surface area contributed by atoms with Crippen LogP contribution in [0.4, 0.5) is 0 Å². The van der Waals surface area contributed by atoms with E-state index in [9.17, 15) is 0 Å². The van der Waals surface area contributed by atoms with Crippen molar-refractivity contribution < 1.29 is 0 Å². The van der Waals surface area contributed by atoms with Crippen LogP contribution < -0.4 is 0 Å². The van der Waals surface area contributed by atoms with Crippen molar-refractivity contribution in [3.8, 4) is 0 Å². The zero-order valence-electron chi connectivity index (χ0n) is 15.0. The van der Waals surface area contributed by atoms with E-state index in [0.29, 0.717) is 0 Å². The first-order chi connectivity index (χ1) is 10.3. The molecule has 0 heterocycles. The summed E-state index contributed by atoms with van der Waals surface area (Å²) in [5.74, 6) is 0. The van der Waals surface area contributed by atoms with Crippen LogP contribution in [0.25, 0.3) is 0 Å². The predicted octanol–water partition coefficient (Wildman–Crippen LogP) is 7.68. The molecule has 0 fully saturated rings. The molecule has 21 heavy (non-hydrogen) atoms. The topological polar surface area (TPSA) is 23.9 Å². The lowest BCUT2D eigenvalue weighted by molar-refractivity contribution is 0.536. The molecule has 1 nitrogen and oxygen atoms in total. The lowest BCUT2D eigenvalue weighted by Gasteiger charge is -2.04. The van der Waals surface area contributed by atoms with E-state index in [1.54, 1.807) is 0 Å². The molecule has 0 amide bonds.